The highest BCUT2D eigenvalue weighted by atomic mass is 35.5. The second kappa shape index (κ2) is 4.70. The summed E-state index contributed by atoms with van der Waals surface area (Å²) >= 11 is 5.89. The van der Waals surface area contributed by atoms with Crippen molar-refractivity contribution in [2.75, 3.05) is 0 Å². The molecule has 6 heteroatoms. The smallest absolute Gasteiger partial charge is 0.228 e. The minimum Gasteiger partial charge on any atom is -0.438 e. The number of nitrogens with two attached hydrogens (primary N) is 1. The van der Waals surface area contributed by atoms with Crippen LogP contribution in [0.4, 0.5) is 0 Å². The van der Waals surface area contributed by atoms with E-state index in [0.717, 1.165) is 0 Å². The molecule has 0 radical (unpaired) electrons. The van der Waals surface area contributed by atoms with E-state index in [4.69, 9.17) is 27.5 Å². The fourth-order valence-corrected chi connectivity index (χ4v) is 1.89. The maximum atomic E-state index is 7.56. The van der Waals surface area contributed by atoms with Gasteiger partial charge in [-0.25, -0.2) is 4.68 Å². The van der Waals surface area contributed by atoms with Crippen molar-refractivity contribution >= 4 is 17.4 Å². The van der Waals surface area contributed by atoms with Crippen molar-refractivity contribution in [3.05, 3.63) is 40.5 Å². The predicted molar refractivity (Wildman–Crippen MR) is 70.5 cm³/mol. The Balaban J connectivity index is 2.43. The van der Waals surface area contributed by atoms with Crippen LogP contribution >= 0.6 is 11.6 Å². The van der Waals surface area contributed by atoms with E-state index in [-0.39, 0.29) is 5.84 Å². The van der Waals surface area contributed by atoms with Crippen molar-refractivity contribution in [2.24, 2.45) is 12.8 Å². The fourth-order valence-electron chi connectivity index (χ4n) is 1.71. The van der Waals surface area contributed by atoms with Gasteiger partial charge in [0.15, 0.2) is 0 Å². The first-order valence-electron chi connectivity index (χ1n) is 5.30. The average Bonchev–Trinajstić information content (AvgIpc) is 2.53. The van der Waals surface area contributed by atoms with E-state index in [1.54, 1.807) is 42.9 Å². The zero-order valence-corrected chi connectivity index (χ0v) is 10.8. The summed E-state index contributed by atoms with van der Waals surface area (Å²) in [6, 6.07) is 7.01. The number of aryl methyl sites for hydroxylation is 2. The largest absolute Gasteiger partial charge is 0.438 e. The van der Waals surface area contributed by atoms with E-state index in [1.807, 2.05) is 0 Å². The van der Waals surface area contributed by atoms with Gasteiger partial charge >= 0.3 is 0 Å². The molecule has 0 aliphatic carbocycles. The molecule has 0 fully saturated rings. The number of hydrogen-bond acceptors (Lipinski definition) is 3. The number of ether oxygens (including phenoxy) is 1. The average molecular weight is 265 g/mol. The summed E-state index contributed by atoms with van der Waals surface area (Å²) in [5, 5.41) is 12.3. The maximum Gasteiger partial charge on any atom is 0.228 e. The van der Waals surface area contributed by atoms with Crippen molar-refractivity contribution in [3.63, 3.8) is 0 Å². The number of aromatic nitrogens is 2. The molecule has 18 heavy (non-hydrogen) atoms. The molecule has 0 spiro atoms. The van der Waals surface area contributed by atoms with Crippen LogP contribution in [0, 0.1) is 12.3 Å². The number of hydrogen-bond donors (Lipinski definition) is 2. The Morgan fingerprint density at radius 3 is 2.83 bits per heavy atom. The molecule has 0 amide bonds. The first-order valence-corrected chi connectivity index (χ1v) is 5.68. The molecule has 5 nitrogen and oxygen atoms in total. The molecule has 1 heterocycles. The van der Waals surface area contributed by atoms with Crippen LogP contribution < -0.4 is 10.5 Å². The molecule has 0 aliphatic rings. The lowest BCUT2D eigenvalue weighted by molar-refractivity contribution is 0.430. The quantitative estimate of drug-likeness (QED) is 0.660. The Hall–Kier alpha value is -2.01. The molecule has 2 rings (SSSR count). The van der Waals surface area contributed by atoms with Crippen molar-refractivity contribution < 1.29 is 4.74 Å². The highest BCUT2D eigenvalue weighted by molar-refractivity contribution is 6.30. The van der Waals surface area contributed by atoms with Crippen molar-refractivity contribution in [1.82, 2.24) is 9.78 Å². The zero-order valence-electron chi connectivity index (χ0n) is 10.1. The number of benzene rings is 1. The van der Waals surface area contributed by atoms with Gasteiger partial charge in [-0.2, -0.15) is 5.10 Å². The van der Waals surface area contributed by atoms with Crippen LogP contribution in [-0.2, 0) is 7.05 Å². The molecule has 1 aromatic heterocycles. The number of halogens is 1. The van der Waals surface area contributed by atoms with Gasteiger partial charge in [-0.15, -0.1) is 0 Å². The predicted octanol–water partition coefficient (Wildman–Crippen LogP) is 2.46. The molecular formula is C12H13ClN4O. The van der Waals surface area contributed by atoms with Gasteiger partial charge in [0.25, 0.3) is 0 Å². The minimum atomic E-state index is -0.0716. The Bertz CT molecular complexity index is 606. The lowest BCUT2D eigenvalue weighted by atomic mass is 10.2. The van der Waals surface area contributed by atoms with Crippen molar-refractivity contribution in [1.29, 1.82) is 5.41 Å². The topological polar surface area (TPSA) is 76.9 Å². The Morgan fingerprint density at radius 1 is 1.50 bits per heavy atom. The monoisotopic (exact) mass is 264 g/mol. The summed E-state index contributed by atoms with van der Waals surface area (Å²) in [4.78, 5) is 0. The number of nitrogen functional groups attached to an aromatic ring is 1. The van der Waals surface area contributed by atoms with Crippen molar-refractivity contribution in [3.8, 4) is 11.6 Å². The second-order valence-corrected chi connectivity index (χ2v) is 4.30. The third-order valence-electron chi connectivity index (χ3n) is 2.45. The third kappa shape index (κ3) is 2.31. The van der Waals surface area contributed by atoms with Crippen LogP contribution in [0.5, 0.6) is 11.6 Å². The van der Waals surface area contributed by atoms with Crippen LogP contribution in [-0.4, -0.2) is 15.6 Å². The van der Waals surface area contributed by atoms with Gasteiger partial charge in [0.05, 0.1) is 5.69 Å². The number of rotatable bonds is 3. The number of nitrogens with one attached hydrogen (secondary N) is 1. The lowest BCUT2D eigenvalue weighted by Crippen LogP contribution is -2.13. The molecule has 0 atom stereocenters. The Morgan fingerprint density at radius 2 is 2.22 bits per heavy atom. The summed E-state index contributed by atoms with van der Waals surface area (Å²) in [6.45, 7) is 1.78. The van der Waals surface area contributed by atoms with Crippen LogP contribution in [0.1, 0.15) is 11.3 Å². The molecule has 3 N–H and O–H groups in total. The van der Waals surface area contributed by atoms with E-state index >= 15 is 0 Å². The molecule has 0 aliphatic heterocycles. The Labute approximate surface area is 110 Å². The van der Waals surface area contributed by atoms with E-state index in [9.17, 15) is 0 Å². The maximum absolute atomic E-state index is 7.56. The van der Waals surface area contributed by atoms with Gasteiger partial charge in [0.2, 0.25) is 5.88 Å². The summed E-state index contributed by atoms with van der Waals surface area (Å²) in [6.07, 6.45) is 0. The van der Waals surface area contributed by atoms with Gasteiger partial charge in [0, 0.05) is 12.1 Å². The lowest BCUT2D eigenvalue weighted by Gasteiger charge is -2.08. The SMILES string of the molecule is Cc1nn(C)c(Oc2cccc(Cl)c2)c1C(=N)N. The summed E-state index contributed by atoms with van der Waals surface area (Å²) in [5.41, 5.74) is 6.69. The molecule has 0 bridgehead atoms. The zero-order chi connectivity index (χ0) is 13.3. The second-order valence-electron chi connectivity index (χ2n) is 3.86. The van der Waals surface area contributed by atoms with Gasteiger partial charge in [-0.3, -0.25) is 5.41 Å². The molecule has 0 saturated heterocycles. The molecule has 94 valence electrons. The highest BCUT2D eigenvalue weighted by Crippen LogP contribution is 2.28. The first-order chi connectivity index (χ1) is 8.49. The van der Waals surface area contributed by atoms with E-state index in [2.05, 4.69) is 5.10 Å². The third-order valence-corrected chi connectivity index (χ3v) is 2.68. The molecular weight excluding hydrogens is 252 g/mol. The van der Waals surface area contributed by atoms with E-state index in [0.29, 0.717) is 27.9 Å². The molecule has 1 aromatic carbocycles. The van der Waals surface area contributed by atoms with Crippen LogP contribution in [0.15, 0.2) is 24.3 Å². The standard InChI is InChI=1S/C12H13ClN4O/c1-7-10(11(14)15)12(17(2)16-7)18-9-5-3-4-8(13)6-9/h3-6H,1-2H3,(H3,14,15). The van der Waals surface area contributed by atoms with Crippen LogP contribution in [0.25, 0.3) is 0 Å². The van der Waals surface area contributed by atoms with Crippen LogP contribution in [0.2, 0.25) is 5.02 Å². The van der Waals surface area contributed by atoms with Gasteiger partial charge < -0.3 is 10.5 Å². The normalized spacial score (nSPS) is 10.4. The molecule has 0 saturated carbocycles. The van der Waals surface area contributed by atoms with E-state index < -0.39 is 0 Å². The Kier molecular flexibility index (Phi) is 3.25. The summed E-state index contributed by atoms with van der Waals surface area (Å²) < 4.78 is 7.25. The fraction of sp³-hybridized carbons (Fsp3) is 0.167. The van der Waals surface area contributed by atoms with Gasteiger partial charge in [-0.05, 0) is 25.1 Å². The summed E-state index contributed by atoms with van der Waals surface area (Å²) in [7, 11) is 1.74. The highest BCUT2D eigenvalue weighted by Gasteiger charge is 2.17. The first kappa shape index (κ1) is 12.4. The number of amidine groups is 1. The minimum absolute atomic E-state index is 0.0716. The van der Waals surface area contributed by atoms with E-state index in [1.165, 1.54) is 0 Å². The number of nitrogens with zero attached hydrogens (tertiary/aromatic N) is 2. The van der Waals surface area contributed by atoms with Crippen molar-refractivity contribution in [2.45, 2.75) is 6.92 Å². The molecule has 2 aromatic rings. The van der Waals surface area contributed by atoms with Gasteiger partial charge in [0.1, 0.15) is 17.1 Å². The van der Waals surface area contributed by atoms with Gasteiger partial charge in [-0.1, -0.05) is 17.7 Å². The molecule has 0 unspecified atom stereocenters. The van der Waals surface area contributed by atoms with Crippen LogP contribution in [0.3, 0.4) is 0 Å². The summed E-state index contributed by atoms with van der Waals surface area (Å²) in [5.74, 6) is 0.938.